The molecule has 2 nitrogen and oxygen atoms in total. The van der Waals surface area contributed by atoms with E-state index in [-0.39, 0.29) is 0 Å². The van der Waals surface area contributed by atoms with Gasteiger partial charge in [-0.1, -0.05) is 43.2 Å². The third-order valence-corrected chi connectivity index (χ3v) is 5.88. The first-order chi connectivity index (χ1) is 10.4. The van der Waals surface area contributed by atoms with Gasteiger partial charge in [0.1, 0.15) is 0 Å². The van der Waals surface area contributed by atoms with Gasteiger partial charge >= 0.3 is 0 Å². The molecule has 21 heavy (non-hydrogen) atoms. The van der Waals surface area contributed by atoms with E-state index in [0.29, 0.717) is 0 Å². The Bertz CT molecular complexity index is 452. The van der Waals surface area contributed by atoms with Crippen molar-refractivity contribution in [2.45, 2.75) is 69.0 Å². The van der Waals surface area contributed by atoms with Gasteiger partial charge in [0.25, 0.3) is 0 Å². The van der Waals surface area contributed by atoms with E-state index in [4.69, 9.17) is 0 Å². The highest BCUT2D eigenvalue weighted by Crippen LogP contribution is 2.42. The average Bonchev–Trinajstić information content (AvgIpc) is 3.09. The standard InChI is InChI=1S/C19H28N2/c1-2-7-14(8-3-1)16-13-19(16)21-18-10-5-4-9-15(18)17-11-6-12-20-17/h1-3,7-8,15-21H,4-6,9-13H2. The molecule has 5 atom stereocenters. The Labute approximate surface area is 128 Å². The van der Waals surface area contributed by atoms with Crippen LogP contribution >= 0.6 is 0 Å². The van der Waals surface area contributed by atoms with Crippen molar-refractivity contribution in [2.24, 2.45) is 5.92 Å². The summed E-state index contributed by atoms with van der Waals surface area (Å²) in [5, 5.41) is 7.78. The van der Waals surface area contributed by atoms with E-state index in [1.807, 2.05) is 0 Å². The maximum absolute atomic E-state index is 4.03. The molecule has 3 fully saturated rings. The van der Waals surface area contributed by atoms with Crippen molar-refractivity contribution in [2.75, 3.05) is 6.54 Å². The van der Waals surface area contributed by atoms with Crippen molar-refractivity contribution in [1.82, 2.24) is 10.6 Å². The first-order valence-electron chi connectivity index (χ1n) is 8.96. The van der Waals surface area contributed by atoms with Crippen LogP contribution in [0.5, 0.6) is 0 Å². The Hall–Kier alpha value is -0.860. The second-order valence-corrected chi connectivity index (χ2v) is 7.28. The van der Waals surface area contributed by atoms with Crippen LogP contribution in [-0.4, -0.2) is 24.7 Å². The lowest BCUT2D eigenvalue weighted by Gasteiger charge is -2.36. The van der Waals surface area contributed by atoms with Crippen molar-refractivity contribution in [3.05, 3.63) is 35.9 Å². The Kier molecular flexibility index (Phi) is 4.00. The summed E-state index contributed by atoms with van der Waals surface area (Å²) in [7, 11) is 0. The summed E-state index contributed by atoms with van der Waals surface area (Å²) >= 11 is 0. The van der Waals surface area contributed by atoms with Crippen LogP contribution in [-0.2, 0) is 0 Å². The van der Waals surface area contributed by atoms with Gasteiger partial charge in [-0.25, -0.2) is 0 Å². The quantitative estimate of drug-likeness (QED) is 0.885. The SMILES string of the molecule is c1ccc(C2CC2NC2CCCCC2C2CCCN2)cc1. The molecule has 2 saturated carbocycles. The third kappa shape index (κ3) is 3.02. The number of hydrogen-bond donors (Lipinski definition) is 2. The topological polar surface area (TPSA) is 24.1 Å². The normalized spacial score (nSPS) is 39.3. The Balaban J connectivity index is 1.37. The first-order valence-corrected chi connectivity index (χ1v) is 8.96. The molecule has 114 valence electrons. The minimum absolute atomic E-state index is 0.736. The van der Waals surface area contributed by atoms with Crippen molar-refractivity contribution in [1.29, 1.82) is 0 Å². The first kappa shape index (κ1) is 13.8. The molecule has 4 rings (SSSR count). The number of rotatable bonds is 4. The average molecular weight is 284 g/mol. The smallest absolute Gasteiger partial charge is 0.0145 e. The van der Waals surface area contributed by atoms with Gasteiger partial charge in [-0.05, 0) is 50.1 Å². The van der Waals surface area contributed by atoms with Crippen molar-refractivity contribution in [3.8, 4) is 0 Å². The van der Waals surface area contributed by atoms with E-state index in [1.54, 1.807) is 0 Å². The van der Waals surface area contributed by atoms with Crippen LogP contribution in [0.4, 0.5) is 0 Å². The van der Waals surface area contributed by atoms with Gasteiger partial charge in [0, 0.05) is 24.0 Å². The second kappa shape index (κ2) is 6.10. The van der Waals surface area contributed by atoms with Crippen LogP contribution < -0.4 is 10.6 Å². The Morgan fingerprint density at radius 3 is 2.57 bits per heavy atom. The summed E-state index contributed by atoms with van der Waals surface area (Å²) in [6.45, 7) is 1.24. The molecule has 1 heterocycles. The number of hydrogen-bond acceptors (Lipinski definition) is 2. The van der Waals surface area contributed by atoms with Gasteiger partial charge in [-0.15, -0.1) is 0 Å². The van der Waals surface area contributed by atoms with Crippen LogP contribution in [0.2, 0.25) is 0 Å². The van der Waals surface area contributed by atoms with Crippen LogP contribution in [0.25, 0.3) is 0 Å². The Morgan fingerprint density at radius 2 is 1.76 bits per heavy atom. The zero-order chi connectivity index (χ0) is 14.1. The van der Waals surface area contributed by atoms with E-state index in [9.17, 15) is 0 Å². The summed E-state index contributed by atoms with van der Waals surface area (Å²) in [5.74, 6) is 1.64. The Morgan fingerprint density at radius 1 is 0.905 bits per heavy atom. The highest BCUT2D eigenvalue weighted by Gasteiger charge is 2.42. The maximum Gasteiger partial charge on any atom is 0.0145 e. The predicted molar refractivity (Wildman–Crippen MR) is 87.5 cm³/mol. The molecule has 0 spiro atoms. The van der Waals surface area contributed by atoms with E-state index in [1.165, 1.54) is 57.1 Å². The summed E-state index contributed by atoms with van der Waals surface area (Å²) in [5.41, 5.74) is 1.53. The fourth-order valence-corrected chi connectivity index (χ4v) is 4.65. The van der Waals surface area contributed by atoms with Gasteiger partial charge in [-0.2, -0.15) is 0 Å². The largest absolute Gasteiger partial charge is 0.314 e. The maximum atomic E-state index is 4.03. The minimum atomic E-state index is 0.736. The second-order valence-electron chi connectivity index (χ2n) is 7.28. The molecular weight excluding hydrogens is 256 g/mol. The molecule has 1 aromatic carbocycles. The molecule has 2 heteroatoms. The molecule has 0 radical (unpaired) electrons. The summed E-state index contributed by atoms with van der Waals surface area (Å²) in [6.07, 6.45) is 9.79. The molecule has 2 aliphatic carbocycles. The molecule has 3 aliphatic rings. The molecule has 2 N–H and O–H groups in total. The molecule has 1 aliphatic heterocycles. The van der Waals surface area contributed by atoms with Crippen molar-refractivity contribution >= 4 is 0 Å². The van der Waals surface area contributed by atoms with Gasteiger partial charge in [0.15, 0.2) is 0 Å². The van der Waals surface area contributed by atoms with Crippen LogP contribution in [0.3, 0.4) is 0 Å². The lowest BCUT2D eigenvalue weighted by Crippen LogP contribution is -2.47. The lowest BCUT2D eigenvalue weighted by molar-refractivity contribution is 0.212. The van der Waals surface area contributed by atoms with Crippen LogP contribution in [0.15, 0.2) is 30.3 Å². The molecular formula is C19H28N2. The van der Waals surface area contributed by atoms with Gasteiger partial charge in [-0.3, -0.25) is 0 Å². The highest BCUT2D eigenvalue weighted by atomic mass is 15.0. The van der Waals surface area contributed by atoms with Crippen LogP contribution in [0, 0.1) is 5.92 Å². The predicted octanol–water partition coefficient (Wildman–Crippen LogP) is 3.44. The third-order valence-electron chi connectivity index (χ3n) is 5.88. The van der Waals surface area contributed by atoms with E-state index < -0.39 is 0 Å². The van der Waals surface area contributed by atoms with Gasteiger partial charge in [0.05, 0.1) is 0 Å². The fraction of sp³-hybridized carbons (Fsp3) is 0.684. The summed E-state index contributed by atoms with van der Waals surface area (Å²) in [6, 6.07) is 13.3. The fourth-order valence-electron chi connectivity index (χ4n) is 4.65. The molecule has 0 bridgehead atoms. The van der Waals surface area contributed by atoms with E-state index >= 15 is 0 Å². The minimum Gasteiger partial charge on any atom is -0.314 e. The van der Waals surface area contributed by atoms with E-state index in [2.05, 4.69) is 41.0 Å². The summed E-state index contributed by atoms with van der Waals surface area (Å²) < 4.78 is 0. The molecule has 0 aromatic heterocycles. The molecule has 1 saturated heterocycles. The van der Waals surface area contributed by atoms with Crippen LogP contribution in [0.1, 0.15) is 56.4 Å². The number of benzene rings is 1. The zero-order valence-electron chi connectivity index (χ0n) is 12.9. The summed E-state index contributed by atoms with van der Waals surface area (Å²) in [4.78, 5) is 0. The molecule has 0 amide bonds. The van der Waals surface area contributed by atoms with E-state index in [0.717, 1.165) is 30.0 Å². The van der Waals surface area contributed by atoms with Crippen molar-refractivity contribution < 1.29 is 0 Å². The zero-order valence-corrected chi connectivity index (χ0v) is 12.9. The molecule has 5 unspecified atom stereocenters. The highest BCUT2D eigenvalue weighted by molar-refractivity contribution is 5.27. The number of nitrogens with one attached hydrogen (secondary N) is 2. The monoisotopic (exact) mass is 284 g/mol. The van der Waals surface area contributed by atoms with Gasteiger partial charge in [0.2, 0.25) is 0 Å². The van der Waals surface area contributed by atoms with Gasteiger partial charge < -0.3 is 10.6 Å². The lowest BCUT2D eigenvalue weighted by atomic mass is 9.79. The molecule has 1 aromatic rings. The van der Waals surface area contributed by atoms with Crippen molar-refractivity contribution in [3.63, 3.8) is 0 Å².